The Balaban J connectivity index is 0.646. The van der Waals surface area contributed by atoms with Crippen LogP contribution < -0.4 is 26.2 Å². The van der Waals surface area contributed by atoms with Gasteiger partial charge in [-0.25, -0.2) is 0 Å². The number of hydrogen-bond acceptors (Lipinski definition) is 11. The summed E-state index contributed by atoms with van der Waals surface area (Å²) in [4.78, 5) is 28.1. The van der Waals surface area contributed by atoms with Gasteiger partial charge in [0.25, 0.3) is 0 Å². The molecule has 0 unspecified atom stereocenters. The van der Waals surface area contributed by atoms with Crippen molar-refractivity contribution in [3.63, 3.8) is 0 Å². The van der Waals surface area contributed by atoms with Crippen LogP contribution in [0.4, 0.5) is 45.5 Å². The molecule has 0 saturated carbocycles. The van der Waals surface area contributed by atoms with Gasteiger partial charge in [0.1, 0.15) is 12.2 Å². The van der Waals surface area contributed by atoms with Crippen LogP contribution in [0.25, 0.3) is 21.5 Å². The highest BCUT2D eigenvalue weighted by Crippen LogP contribution is 2.48. The molecule has 3 heterocycles. The van der Waals surface area contributed by atoms with E-state index in [2.05, 4.69) is 187 Å². The molecule has 13 heteroatoms. The molecule has 0 atom stereocenters. The number of esters is 1. The van der Waals surface area contributed by atoms with E-state index in [0.29, 0.717) is 18.7 Å². The minimum Gasteiger partial charge on any atom is -0.465 e. The number of hydrogen-bond donors (Lipinski definition) is 4. The number of carbonyl (C=O) groups excluding carboxylic acids is 2. The van der Waals surface area contributed by atoms with Gasteiger partial charge in [0, 0.05) is 106 Å². The van der Waals surface area contributed by atoms with E-state index < -0.39 is 0 Å². The van der Waals surface area contributed by atoms with Crippen molar-refractivity contribution in [3.8, 4) is 0 Å². The summed E-state index contributed by atoms with van der Waals surface area (Å²) in [6, 6.07) is 47.5. The second-order valence-corrected chi connectivity index (χ2v) is 24.4. The molecule has 7 aromatic rings. The van der Waals surface area contributed by atoms with Gasteiger partial charge in [-0.15, -0.1) is 15.3 Å². The molecule has 3 aliphatic heterocycles. The van der Waals surface area contributed by atoms with Crippen LogP contribution in [-0.2, 0) is 31.6 Å². The largest absolute Gasteiger partial charge is 0.465 e. The van der Waals surface area contributed by atoms with E-state index in [1.165, 1.54) is 50.8 Å². The standard InChI is InChI=1S/C73H80N10O3/c1-9-82-63-29-15-13-26-56(63)71(3,4)65(82)41-33-50-21-19-22-51(34-42-66-72(5,6)57-27-14-16-30-64(57)83(66)10-2)70(50)75-47-18-17-46-74-67(84)43-44-68(85)86-48-45-49-31-35-52(36-32-49)78-79-58-37-38-59(54-24-12-11-23-53(54)58)80-81-60-39-40-62-69-55(60)25-20-28-61(69)76-73(7,8)77-62/h11-16,20,23-42H,9-10,17-19,21-22,43-48H2,1-8H3,(H3,74,76,77,78,80,84)/p+1/b50-33+,65-41+. The number of rotatable bonds is 21. The molecular formula is C73H81N10O3+. The average Bonchev–Trinajstić information content (AvgIpc) is 1.62. The molecule has 0 radical (unpaired) electrons. The van der Waals surface area contributed by atoms with E-state index >= 15 is 0 Å². The Bertz CT molecular complexity index is 3940. The van der Waals surface area contributed by atoms with Crippen LogP contribution >= 0.6 is 0 Å². The van der Waals surface area contributed by atoms with Crippen LogP contribution in [0.1, 0.15) is 117 Å². The van der Waals surface area contributed by atoms with Crippen molar-refractivity contribution < 1.29 is 18.9 Å². The van der Waals surface area contributed by atoms with Crippen molar-refractivity contribution in [2.24, 2.45) is 20.5 Å². The Kier molecular flexibility index (Phi) is 17.3. The first kappa shape index (κ1) is 58.8. The van der Waals surface area contributed by atoms with Crippen LogP contribution in [0, 0.1) is 0 Å². The molecule has 440 valence electrons. The summed E-state index contributed by atoms with van der Waals surface area (Å²) in [6.45, 7) is 21.4. The van der Waals surface area contributed by atoms with Crippen molar-refractivity contribution in [1.29, 1.82) is 0 Å². The zero-order valence-corrected chi connectivity index (χ0v) is 51.2. The van der Waals surface area contributed by atoms with E-state index in [1.54, 1.807) is 0 Å². The summed E-state index contributed by atoms with van der Waals surface area (Å²) in [5, 5.41) is 36.7. The fourth-order valence-electron chi connectivity index (χ4n) is 12.9. The van der Waals surface area contributed by atoms with Crippen LogP contribution in [0.2, 0.25) is 0 Å². The van der Waals surface area contributed by atoms with Gasteiger partial charge in [-0.2, -0.15) is 9.69 Å². The van der Waals surface area contributed by atoms with E-state index in [0.717, 1.165) is 107 Å². The molecule has 4 aliphatic rings. The zero-order valence-electron chi connectivity index (χ0n) is 51.2. The van der Waals surface area contributed by atoms with Gasteiger partial charge >= 0.3 is 5.97 Å². The number of anilines is 3. The molecule has 11 rings (SSSR count). The highest BCUT2D eigenvalue weighted by atomic mass is 16.5. The SMILES string of the molecule is CCN1/C(=C/C=C2\CCCC(/C=C/C3=[N+](CC)c4ccccc4C3(C)C)=C2NCCCCNC(=O)CCC(=O)OCCc2ccc(/N=N/c3ccc(/N=N/c4ccc5c6c(cccc46)NC(C)(C)N5)c4ccccc34)cc2)C(C)(C)c2ccccc21. The van der Waals surface area contributed by atoms with Crippen molar-refractivity contribution >= 4 is 84.6 Å². The van der Waals surface area contributed by atoms with Crippen LogP contribution in [0.3, 0.4) is 0 Å². The number of nitrogens with one attached hydrogen (secondary N) is 4. The minimum absolute atomic E-state index is 0.0268. The number of fused-ring (bicyclic) bond motifs is 3. The Labute approximate surface area is 506 Å². The van der Waals surface area contributed by atoms with E-state index in [4.69, 9.17) is 15.0 Å². The van der Waals surface area contributed by atoms with Crippen LogP contribution in [0.5, 0.6) is 0 Å². The number of ether oxygens (including phenoxy) is 1. The molecule has 0 spiro atoms. The summed E-state index contributed by atoms with van der Waals surface area (Å²) < 4.78 is 8.01. The Morgan fingerprint density at radius 2 is 1.30 bits per heavy atom. The topological polar surface area (TPSA) is 147 Å². The number of unbranched alkanes of at least 4 members (excludes halogenated alkanes) is 1. The third-order valence-electron chi connectivity index (χ3n) is 17.4. The lowest BCUT2D eigenvalue weighted by molar-refractivity contribution is -0.433. The summed E-state index contributed by atoms with van der Waals surface area (Å²) >= 11 is 0. The summed E-state index contributed by atoms with van der Waals surface area (Å²) in [7, 11) is 0. The fraction of sp³-hybridized carbons (Fsp3) is 0.329. The van der Waals surface area contributed by atoms with E-state index in [9.17, 15) is 9.59 Å². The number of nitrogens with zero attached hydrogens (tertiary/aromatic N) is 6. The predicted octanol–water partition coefficient (Wildman–Crippen LogP) is 17.5. The monoisotopic (exact) mass is 1150 g/mol. The molecule has 13 nitrogen and oxygen atoms in total. The Morgan fingerprint density at radius 1 is 0.651 bits per heavy atom. The molecule has 1 amide bonds. The minimum atomic E-state index is -0.388. The van der Waals surface area contributed by atoms with E-state index in [1.807, 2.05) is 72.8 Å². The second-order valence-electron chi connectivity index (χ2n) is 24.4. The maximum Gasteiger partial charge on any atom is 0.306 e. The first-order valence-corrected chi connectivity index (χ1v) is 30.8. The van der Waals surface area contributed by atoms with Gasteiger partial charge in [0.05, 0.1) is 41.2 Å². The van der Waals surface area contributed by atoms with Gasteiger partial charge in [0.2, 0.25) is 11.6 Å². The molecule has 0 bridgehead atoms. The van der Waals surface area contributed by atoms with Crippen LogP contribution in [-0.4, -0.2) is 60.6 Å². The molecule has 0 fully saturated rings. The normalized spacial score (nSPS) is 17.5. The summed E-state index contributed by atoms with van der Waals surface area (Å²) in [5.74, 6) is -0.538. The molecule has 1 aliphatic carbocycles. The molecule has 86 heavy (non-hydrogen) atoms. The highest BCUT2D eigenvalue weighted by Gasteiger charge is 2.44. The first-order valence-electron chi connectivity index (χ1n) is 30.8. The van der Waals surface area contributed by atoms with Crippen LogP contribution in [0.15, 0.2) is 207 Å². The smallest absolute Gasteiger partial charge is 0.306 e. The number of benzene rings is 7. The lowest BCUT2D eigenvalue weighted by Crippen LogP contribution is -2.41. The molecule has 0 aromatic heterocycles. The highest BCUT2D eigenvalue weighted by molar-refractivity contribution is 6.10. The van der Waals surface area contributed by atoms with Crippen molar-refractivity contribution in [1.82, 2.24) is 10.6 Å². The summed E-state index contributed by atoms with van der Waals surface area (Å²) in [6.07, 6.45) is 14.9. The lowest BCUT2D eigenvalue weighted by atomic mass is 9.81. The average molecular weight is 1150 g/mol. The fourth-order valence-corrected chi connectivity index (χ4v) is 12.9. The van der Waals surface area contributed by atoms with Gasteiger partial charge in [0.15, 0.2) is 5.71 Å². The summed E-state index contributed by atoms with van der Waals surface area (Å²) in [5.41, 5.74) is 17.4. The third kappa shape index (κ3) is 12.4. The lowest BCUT2D eigenvalue weighted by Gasteiger charge is -2.36. The first-order chi connectivity index (χ1) is 41.6. The zero-order chi connectivity index (χ0) is 60.0. The van der Waals surface area contributed by atoms with E-state index in [-0.39, 0.29) is 47.8 Å². The maximum atomic E-state index is 12.9. The molecular weight excluding hydrogens is 1060 g/mol. The van der Waals surface area contributed by atoms with Gasteiger partial charge < -0.3 is 30.9 Å². The molecule has 4 N–H and O–H groups in total. The maximum absolute atomic E-state index is 12.9. The van der Waals surface area contributed by atoms with Crippen molar-refractivity contribution in [2.75, 3.05) is 48.3 Å². The number of azo groups is 2. The number of amides is 1. The predicted molar refractivity (Wildman–Crippen MR) is 352 cm³/mol. The van der Waals surface area contributed by atoms with Gasteiger partial charge in [-0.05, 0) is 151 Å². The van der Waals surface area contributed by atoms with Crippen molar-refractivity contribution in [3.05, 3.63) is 203 Å². The quantitative estimate of drug-likeness (QED) is 0.0242. The number of carbonyl (C=O) groups is 2. The van der Waals surface area contributed by atoms with Crippen molar-refractivity contribution in [2.45, 2.75) is 123 Å². The number of likely N-dealkylation sites (N-methyl/N-ethyl adjacent to an activating group) is 1. The van der Waals surface area contributed by atoms with Gasteiger partial charge in [-0.1, -0.05) is 111 Å². The van der Waals surface area contributed by atoms with Gasteiger partial charge in [-0.3, -0.25) is 9.59 Å². The number of para-hydroxylation sites is 2. The Hall–Kier alpha value is -8.97. The molecule has 0 saturated heterocycles. The third-order valence-corrected chi connectivity index (χ3v) is 17.4. The Morgan fingerprint density at radius 3 is 2.05 bits per heavy atom. The second kappa shape index (κ2) is 25.3. The molecule has 7 aromatic carbocycles. The number of allylic oxidation sites excluding steroid dienone is 7.